The molecule has 3 rings (SSSR count). The third-order valence-electron chi connectivity index (χ3n) is 5.05. The zero-order chi connectivity index (χ0) is 21.0. The van der Waals surface area contributed by atoms with Gasteiger partial charge in [0, 0.05) is 18.2 Å². The molecule has 2 aromatic rings. The minimum absolute atomic E-state index is 0.228. The van der Waals surface area contributed by atoms with Gasteiger partial charge >= 0.3 is 5.97 Å². The minimum Gasteiger partial charge on any atom is -0.490 e. The Bertz CT molecular complexity index is 874. The van der Waals surface area contributed by atoms with E-state index < -0.39 is 29.7 Å². The highest BCUT2D eigenvalue weighted by Gasteiger charge is 2.38. The third-order valence-corrected chi connectivity index (χ3v) is 5.05. The van der Waals surface area contributed by atoms with Crippen molar-refractivity contribution < 1.29 is 28.2 Å². The van der Waals surface area contributed by atoms with Crippen LogP contribution >= 0.6 is 0 Å². The van der Waals surface area contributed by atoms with Gasteiger partial charge < -0.3 is 14.6 Å². The molecular weight excluding hydrogens is 380 g/mol. The van der Waals surface area contributed by atoms with E-state index in [0.717, 1.165) is 6.07 Å². The maximum Gasteiger partial charge on any atom is 0.320 e. The Morgan fingerprint density at radius 2 is 1.86 bits per heavy atom. The first-order chi connectivity index (χ1) is 14.0. The largest absolute Gasteiger partial charge is 0.490 e. The summed E-state index contributed by atoms with van der Waals surface area (Å²) in [6, 6.07) is 7.23. The average Bonchev–Trinajstić information content (AvgIpc) is 3.16. The molecule has 0 radical (unpaired) electrons. The van der Waals surface area contributed by atoms with Crippen molar-refractivity contribution in [3.63, 3.8) is 0 Å². The van der Waals surface area contributed by atoms with Gasteiger partial charge in [0.05, 0.1) is 19.3 Å². The van der Waals surface area contributed by atoms with Crippen molar-refractivity contribution in [3.8, 4) is 11.5 Å². The Morgan fingerprint density at radius 1 is 1.14 bits per heavy atom. The Balaban J connectivity index is 2.12. The fourth-order valence-corrected chi connectivity index (χ4v) is 3.87. The van der Waals surface area contributed by atoms with Crippen molar-refractivity contribution in [2.24, 2.45) is 0 Å². The minimum atomic E-state index is -0.953. The van der Waals surface area contributed by atoms with E-state index in [1.165, 1.54) is 12.1 Å². The zero-order valence-electron chi connectivity index (χ0n) is 16.5. The van der Waals surface area contributed by atoms with Crippen LogP contribution in [0.2, 0.25) is 0 Å². The molecular formula is C22H25F2NO4. The highest BCUT2D eigenvalue weighted by atomic mass is 19.1. The van der Waals surface area contributed by atoms with Gasteiger partial charge in [-0.15, -0.1) is 0 Å². The molecule has 0 saturated carbocycles. The van der Waals surface area contributed by atoms with Crippen LogP contribution in [0.1, 0.15) is 43.9 Å². The summed E-state index contributed by atoms with van der Waals surface area (Å²) in [6.45, 7) is 5.08. The molecule has 2 atom stereocenters. The van der Waals surface area contributed by atoms with Gasteiger partial charge in [-0.05, 0) is 50.5 Å². The molecule has 0 aromatic heterocycles. The molecule has 7 heteroatoms. The Kier molecular flexibility index (Phi) is 6.69. The smallest absolute Gasteiger partial charge is 0.320 e. The third kappa shape index (κ3) is 4.50. The molecule has 1 N–H and O–H groups in total. The summed E-state index contributed by atoms with van der Waals surface area (Å²) in [5.74, 6) is -1.27. The van der Waals surface area contributed by atoms with Crippen molar-refractivity contribution in [2.75, 3.05) is 19.8 Å². The van der Waals surface area contributed by atoms with Gasteiger partial charge in [0.1, 0.15) is 17.7 Å². The summed E-state index contributed by atoms with van der Waals surface area (Å²) >= 11 is 0. The van der Waals surface area contributed by atoms with E-state index in [0.29, 0.717) is 49.7 Å². The number of hydrogen-bond donors (Lipinski definition) is 1. The van der Waals surface area contributed by atoms with Crippen LogP contribution in [-0.2, 0) is 4.79 Å². The summed E-state index contributed by atoms with van der Waals surface area (Å²) in [5, 5.41) is 9.65. The Hall–Kier alpha value is -2.67. The Morgan fingerprint density at radius 3 is 2.52 bits per heavy atom. The number of halogens is 2. The number of ether oxygens (including phenoxy) is 2. The van der Waals surface area contributed by atoms with Gasteiger partial charge in [-0.2, -0.15) is 0 Å². The van der Waals surface area contributed by atoms with E-state index in [4.69, 9.17) is 9.47 Å². The van der Waals surface area contributed by atoms with Gasteiger partial charge in [-0.3, -0.25) is 9.69 Å². The topological polar surface area (TPSA) is 59.0 Å². The summed E-state index contributed by atoms with van der Waals surface area (Å²) in [6.07, 6.45) is 1.16. The highest BCUT2D eigenvalue weighted by molar-refractivity contribution is 5.74. The predicted octanol–water partition coefficient (Wildman–Crippen LogP) is 4.40. The summed E-state index contributed by atoms with van der Waals surface area (Å²) in [4.78, 5) is 13.5. The fraction of sp³-hybridized carbons (Fsp3) is 0.409. The first kappa shape index (κ1) is 21.0. The number of carbonyl (C=O) groups is 1. The van der Waals surface area contributed by atoms with Gasteiger partial charge in [0.25, 0.3) is 0 Å². The quantitative estimate of drug-likeness (QED) is 0.705. The average molecular weight is 405 g/mol. The second-order valence-electron chi connectivity index (χ2n) is 6.87. The monoisotopic (exact) mass is 405 g/mol. The van der Waals surface area contributed by atoms with Crippen molar-refractivity contribution in [1.82, 2.24) is 4.90 Å². The molecule has 29 heavy (non-hydrogen) atoms. The normalized spacial score (nSPS) is 17.9. The van der Waals surface area contributed by atoms with E-state index in [-0.39, 0.29) is 5.56 Å². The number of nitrogens with zero attached hydrogens (tertiary/aromatic N) is 1. The van der Waals surface area contributed by atoms with Crippen LogP contribution in [0.3, 0.4) is 0 Å². The number of carboxylic acid groups (broad SMARTS) is 1. The lowest BCUT2D eigenvalue weighted by Crippen LogP contribution is -2.39. The molecule has 5 nitrogen and oxygen atoms in total. The highest BCUT2D eigenvalue weighted by Crippen LogP contribution is 2.39. The molecule has 0 aliphatic carbocycles. The number of carboxylic acids is 1. The molecule has 0 bridgehead atoms. The van der Waals surface area contributed by atoms with E-state index in [1.54, 1.807) is 23.1 Å². The van der Waals surface area contributed by atoms with Crippen LogP contribution in [0, 0.1) is 11.6 Å². The van der Waals surface area contributed by atoms with Crippen LogP contribution in [0.15, 0.2) is 36.4 Å². The van der Waals surface area contributed by atoms with Crippen molar-refractivity contribution in [3.05, 3.63) is 59.2 Å². The second-order valence-corrected chi connectivity index (χ2v) is 6.87. The molecule has 1 fully saturated rings. The van der Waals surface area contributed by atoms with Crippen LogP contribution in [0.25, 0.3) is 0 Å². The van der Waals surface area contributed by atoms with Crippen molar-refractivity contribution in [2.45, 2.75) is 38.8 Å². The summed E-state index contributed by atoms with van der Waals surface area (Å²) in [7, 11) is 0. The van der Waals surface area contributed by atoms with E-state index in [1.807, 2.05) is 13.8 Å². The molecule has 1 aliphatic heterocycles. The number of hydrogen-bond acceptors (Lipinski definition) is 4. The lowest BCUT2D eigenvalue weighted by Gasteiger charge is -2.32. The first-order valence-electron chi connectivity index (χ1n) is 9.79. The maximum absolute atomic E-state index is 14.7. The summed E-state index contributed by atoms with van der Waals surface area (Å²) in [5.41, 5.74) is 0.890. The molecule has 0 spiro atoms. The number of benzene rings is 2. The van der Waals surface area contributed by atoms with Crippen molar-refractivity contribution >= 4 is 5.97 Å². The molecule has 1 saturated heterocycles. The maximum atomic E-state index is 14.7. The van der Waals surface area contributed by atoms with Gasteiger partial charge in [-0.25, -0.2) is 8.78 Å². The van der Waals surface area contributed by atoms with E-state index in [2.05, 4.69) is 0 Å². The molecule has 1 aliphatic rings. The first-order valence-corrected chi connectivity index (χ1v) is 9.79. The van der Waals surface area contributed by atoms with Crippen molar-refractivity contribution in [1.29, 1.82) is 0 Å². The number of rotatable bonds is 8. The molecule has 0 amide bonds. The summed E-state index contributed by atoms with van der Waals surface area (Å²) < 4.78 is 39.5. The Labute approximate surface area is 168 Å². The molecule has 1 heterocycles. The van der Waals surface area contributed by atoms with Crippen LogP contribution in [0.5, 0.6) is 11.5 Å². The lowest BCUT2D eigenvalue weighted by atomic mass is 9.95. The fourth-order valence-electron chi connectivity index (χ4n) is 3.87. The van der Waals surface area contributed by atoms with Gasteiger partial charge in [0.15, 0.2) is 11.5 Å². The SMILES string of the molecule is CCOc1ccc(C(c2ccc(F)cc2F)N2CCCC2C(=O)O)cc1OCC. The number of aliphatic carboxylic acids is 1. The predicted molar refractivity (Wildman–Crippen MR) is 104 cm³/mol. The van der Waals surface area contributed by atoms with E-state index >= 15 is 0 Å². The number of likely N-dealkylation sites (tertiary alicyclic amines) is 1. The second kappa shape index (κ2) is 9.22. The van der Waals surface area contributed by atoms with Crippen LogP contribution in [-0.4, -0.2) is 41.8 Å². The standard InChI is InChI=1S/C22H25F2NO4/c1-3-28-19-10-7-14(12-20(19)29-4-2)21(16-9-8-15(23)13-17(16)24)25-11-5-6-18(25)22(26)27/h7-10,12-13,18,21H,3-6,11H2,1-2H3,(H,26,27). The molecule has 2 aromatic carbocycles. The van der Waals surface area contributed by atoms with Crippen LogP contribution in [0.4, 0.5) is 8.78 Å². The van der Waals surface area contributed by atoms with E-state index in [9.17, 15) is 18.7 Å². The molecule has 2 unspecified atom stereocenters. The van der Waals surface area contributed by atoms with Crippen LogP contribution < -0.4 is 9.47 Å². The van der Waals surface area contributed by atoms with Gasteiger partial charge in [0.2, 0.25) is 0 Å². The zero-order valence-corrected chi connectivity index (χ0v) is 16.5. The molecule has 156 valence electrons. The lowest BCUT2D eigenvalue weighted by molar-refractivity contribution is -0.142. The van der Waals surface area contributed by atoms with Gasteiger partial charge in [-0.1, -0.05) is 12.1 Å².